The topological polar surface area (TPSA) is 46.6 Å². The Morgan fingerprint density at radius 2 is 1.81 bits per heavy atom. The molecule has 0 aliphatic carbocycles. The van der Waals surface area contributed by atoms with Crippen molar-refractivity contribution in [3.63, 3.8) is 0 Å². The number of hydrogen-bond donors (Lipinski definition) is 0. The molecule has 0 aromatic heterocycles. The van der Waals surface area contributed by atoms with E-state index in [9.17, 15) is 8.42 Å². The quantitative estimate of drug-likeness (QED) is 0.701. The Hall–Kier alpha value is -1.56. The van der Waals surface area contributed by atoms with Gasteiger partial charge in [0.1, 0.15) is 5.75 Å². The van der Waals surface area contributed by atoms with Crippen molar-refractivity contribution < 1.29 is 13.2 Å². The standard InChI is InChI=1S/C20H24ClNO3S/c1-2-25-18-9-5-16(6-10-18)20-4-3-13-22(20)14-15-26(23,24)19-11-7-17(21)8-12-19/h5-12,20H,2-4,13-15H2,1H3. The van der Waals surface area contributed by atoms with Crippen LogP contribution in [0.3, 0.4) is 0 Å². The minimum absolute atomic E-state index is 0.113. The van der Waals surface area contributed by atoms with Crippen molar-refractivity contribution in [1.29, 1.82) is 0 Å². The highest BCUT2D eigenvalue weighted by molar-refractivity contribution is 7.91. The number of ether oxygens (including phenoxy) is 1. The average molecular weight is 394 g/mol. The minimum atomic E-state index is -3.30. The fourth-order valence-electron chi connectivity index (χ4n) is 3.42. The van der Waals surface area contributed by atoms with Crippen LogP contribution in [0.15, 0.2) is 53.4 Å². The Morgan fingerprint density at radius 3 is 2.46 bits per heavy atom. The van der Waals surface area contributed by atoms with Crippen LogP contribution in [0.25, 0.3) is 0 Å². The summed E-state index contributed by atoms with van der Waals surface area (Å²) in [7, 11) is -3.30. The molecule has 1 unspecified atom stereocenters. The Kier molecular flexibility index (Phi) is 6.22. The van der Waals surface area contributed by atoms with Crippen molar-refractivity contribution in [3.8, 4) is 5.75 Å². The van der Waals surface area contributed by atoms with E-state index in [2.05, 4.69) is 17.0 Å². The average Bonchev–Trinajstić information content (AvgIpc) is 3.10. The molecule has 2 aromatic rings. The van der Waals surface area contributed by atoms with E-state index in [1.807, 2.05) is 19.1 Å². The third-order valence-corrected chi connectivity index (χ3v) is 6.72. The first kappa shape index (κ1) is 19.2. The fourth-order valence-corrected chi connectivity index (χ4v) is 4.81. The SMILES string of the molecule is CCOc1ccc(C2CCCN2CCS(=O)(=O)c2ccc(Cl)cc2)cc1. The lowest BCUT2D eigenvalue weighted by Gasteiger charge is -2.25. The predicted molar refractivity (Wildman–Crippen MR) is 105 cm³/mol. The van der Waals surface area contributed by atoms with E-state index < -0.39 is 9.84 Å². The van der Waals surface area contributed by atoms with Gasteiger partial charge in [0.15, 0.2) is 9.84 Å². The molecule has 6 heteroatoms. The molecule has 3 rings (SSSR count). The Labute approximate surface area is 160 Å². The van der Waals surface area contributed by atoms with Crippen molar-refractivity contribution in [1.82, 2.24) is 4.90 Å². The second kappa shape index (κ2) is 8.42. The van der Waals surface area contributed by atoms with Gasteiger partial charge in [-0.1, -0.05) is 23.7 Å². The Morgan fingerprint density at radius 1 is 1.12 bits per heavy atom. The number of nitrogens with zero attached hydrogens (tertiary/aromatic N) is 1. The van der Waals surface area contributed by atoms with E-state index in [4.69, 9.17) is 16.3 Å². The number of rotatable bonds is 7. The summed E-state index contributed by atoms with van der Waals surface area (Å²) in [6, 6.07) is 14.8. The molecule has 0 bridgehead atoms. The Bertz CT molecular complexity index is 819. The largest absolute Gasteiger partial charge is 0.494 e. The van der Waals surface area contributed by atoms with Crippen LogP contribution in [0.4, 0.5) is 0 Å². The number of benzene rings is 2. The van der Waals surface area contributed by atoms with Crippen molar-refractivity contribution >= 4 is 21.4 Å². The first-order chi connectivity index (χ1) is 12.5. The highest BCUT2D eigenvalue weighted by Gasteiger charge is 2.27. The zero-order valence-corrected chi connectivity index (χ0v) is 16.5. The third-order valence-electron chi connectivity index (χ3n) is 4.76. The molecule has 1 fully saturated rings. The van der Waals surface area contributed by atoms with Crippen molar-refractivity contribution in [3.05, 3.63) is 59.1 Å². The molecule has 0 amide bonds. The maximum Gasteiger partial charge on any atom is 0.179 e. The number of halogens is 1. The second-order valence-electron chi connectivity index (χ2n) is 6.47. The summed E-state index contributed by atoms with van der Waals surface area (Å²) in [5.74, 6) is 0.980. The van der Waals surface area contributed by atoms with Crippen LogP contribution < -0.4 is 4.74 Å². The molecule has 1 aliphatic heterocycles. The van der Waals surface area contributed by atoms with Gasteiger partial charge in [0.2, 0.25) is 0 Å². The van der Waals surface area contributed by atoms with Gasteiger partial charge in [-0.05, 0) is 68.3 Å². The highest BCUT2D eigenvalue weighted by Crippen LogP contribution is 2.32. The monoisotopic (exact) mass is 393 g/mol. The van der Waals surface area contributed by atoms with Gasteiger partial charge in [0.05, 0.1) is 17.3 Å². The van der Waals surface area contributed by atoms with Crippen LogP contribution in [0.5, 0.6) is 5.75 Å². The van der Waals surface area contributed by atoms with Gasteiger partial charge in [0, 0.05) is 17.6 Å². The molecule has 1 atom stereocenters. The van der Waals surface area contributed by atoms with Gasteiger partial charge in [-0.25, -0.2) is 8.42 Å². The van der Waals surface area contributed by atoms with Gasteiger partial charge in [-0.3, -0.25) is 4.90 Å². The van der Waals surface area contributed by atoms with Crippen LogP contribution in [-0.2, 0) is 9.84 Å². The van der Waals surface area contributed by atoms with Crippen LogP contribution in [-0.4, -0.2) is 38.8 Å². The molecule has 0 saturated carbocycles. The number of likely N-dealkylation sites (tertiary alicyclic amines) is 1. The first-order valence-electron chi connectivity index (χ1n) is 8.95. The van der Waals surface area contributed by atoms with Gasteiger partial charge < -0.3 is 4.74 Å². The number of sulfone groups is 1. The normalized spacial score (nSPS) is 18.2. The molecule has 0 radical (unpaired) electrons. The van der Waals surface area contributed by atoms with E-state index in [-0.39, 0.29) is 11.8 Å². The molecule has 0 spiro atoms. The molecule has 140 valence electrons. The molecular weight excluding hydrogens is 370 g/mol. The molecule has 26 heavy (non-hydrogen) atoms. The molecule has 1 heterocycles. The van der Waals surface area contributed by atoms with Gasteiger partial charge in [-0.15, -0.1) is 0 Å². The second-order valence-corrected chi connectivity index (χ2v) is 9.01. The summed E-state index contributed by atoms with van der Waals surface area (Å²) < 4.78 is 30.6. The van der Waals surface area contributed by atoms with E-state index in [1.54, 1.807) is 24.3 Å². The van der Waals surface area contributed by atoms with Crippen LogP contribution in [0.2, 0.25) is 5.02 Å². The molecular formula is C20H24ClNO3S. The van der Waals surface area contributed by atoms with Gasteiger partial charge in [-0.2, -0.15) is 0 Å². The lowest BCUT2D eigenvalue weighted by Crippen LogP contribution is -2.29. The van der Waals surface area contributed by atoms with E-state index in [0.717, 1.165) is 25.1 Å². The zero-order chi connectivity index (χ0) is 18.6. The Balaban J connectivity index is 1.66. The summed E-state index contributed by atoms with van der Waals surface area (Å²) in [5, 5.41) is 0.541. The van der Waals surface area contributed by atoms with Crippen LogP contribution >= 0.6 is 11.6 Å². The predicted octanol–water partition coefficient (Wildman–Crippen LogP) is 4.35. The fraction of sp³-hybridized carbons (Fsp3) is 0.400. The van der Waals surface area contributed by atoms with E-state index in [1.165, 1.54) is 5.56 Å². The van der Waals surface area contributed by atoms with Gasteiger partial charge in [0.25, 0.3) is 0 Å². The number of hydrogen-bond acceptors (Lipinski definition) is 4. The van der Waals surface area contributed by atoms with Crippen LogP contribution in [0.1, 0.15) is 31.4 Å². The molecule has 1 aliphatic rings. The lowest BCUT2D eigenvalue weighted by atomic mass is 10.0. The summed E-state index contributed by atoms with van der Waals surface area (Å²) in [6.07, 6.45) is 2.13. The molecule has 0 N–H and O–H groups in total. The summed E-state index contributed by atoms with van der Waals surface area (Å²) in [5.41, 5.74) is 1.22. The highest BCUT2D eigenvalue weighted by atomic mass is 35.5. The third kappa shape index (κ3) is 4.58. The zero-order valence-electron chi connectivity index (χ0n) is 14.9. The van der Waals surface area contributed by atoms with E-state index in [0.29, 0.717) is 23.1 Å². The summed E-state index contributed by atoms with van der Waals surface area (Å²) in [6.45, 7) is 4.07. The maximum absolute atomic E-state index is 12.6. The minimum Gasteiger partial charge on any atom is -0.494 e. The first-order valence-corrected chi connectivity index (χ1v) is 11.0. The van der Waals surface area contributed by atoms with Crippen molar-refractivity contribution in [2.45, 2.75) is 30.7 Å². The van der Waals surface area contributed by atoms with Gasteiger partial charge >= 0.3 is 0 Å². The summed E-state index contributed by atoms with van der Waals surface area (Å²) in [4.78, 5) is 2.60. The maximum atomic E-state index is 12.6. The molecule has 2 aromatic carbocycles. The smallest absolute Gasteiger partial charge is 0.179 e. The summed E-state index contributed by atoms with van der Waals surface area (Å²) >= 11 is 5.85. The van der Waals surface area contributed by atoms with Crippen molar-refractivity contribution in [2.24, 2.45) is 0 Å². The van der Waals surface area contributed by atoms with Crippen LogP contribution in [0, 0.1) is 0 Å². The molecule has 1 saturated heterocycles. The molecule has 4 nitrogen and oxygen atoms in total. The van der Waals surface area contributed by atoms with Crippen molar-refractivity contribution in [2.75, 3.05) is 25.4 Å². The van der Waals surface area contributed by atoms with E-state index >= 15 is 0 Å². The lowest BCUT2D eigenvalue weighted by molar-refractivity contribution is 0.272.